The standard InChI is InChI=1S/C24H24N4O2/c1-17-5-3-4-6-22(17)30-21-9-7-19(8-10-21)13-27-18(2)24(11-12-24)28-23(29)20-14-25-16-26-15-20/h3-10,14-16,27H,2,11-13H2,1H3,(H,28,29). The second-order valence-corrected chi connectivity index (χ2v) is 7.51. The van der Waals surface area contributed by atoms with Crippen LogP contribution in [0.4, 0.5) is 0 Å². The number of benzene rings is 2. The van der Waals surface area contributed by atoms with Gasteiger partial charge in [0.05, 0.1) is 11.1 Å². The minimum atomic E-state index is -0.402. The normalized spacial score (nSPS) is 13.9. The Balaban J connectivity index is 1.31. The molecule has 6 nitrogen and oxygen atoms in total. The number of ether oxygens (including phenoxy) is 1. The van der Waals surface area contributed by atoms with Crippen molar-refractivity contribution in [3.05, 3.63) is 96.2 Å². The maximum Gasteiger partial charge on any atom is 0.255 e. The lowest BCUT2D eigenvalue weighted by Gasteiger charge is -2.21. The summed E-state index contributed by atoms with van der Waals surface area (Å²) >= 11 is 0. The zero-order valence-corrected chi connectivity index (χ0v) is 16.9. The van der Waals surface area contributed by atoms with Gasteiger partial charge in [-0.15, -0.1) is 0 Å². The van der Waals surface area contributed by atoms with Crippen LogP contribution in [0.15, 0.2) is 79.5 Å². The Labute approximate surface area is 176 Å². The molecule has 2 aromatic carbocycles. The smallest absolute Gasteiger partial charge is 0.255 e. The van der Waals surface area contributed by atoms with Crippen molar-refractivity contribution in [3.63, 3.8) is 0 Å². The van der Waals surface area contributed by atoms with Crippen molar-refractivity contribution in [2.75, 3.05) is 0 Å². The van der Waals surface area contributed by atoms with Crippen LogP contribution in [0.1, 0.15) is 34.3 Å². The Morgan fingerprint density at radius 2 is 1.80 bits per heavy atom. The van der Waals surface area contributed by atoms with E-state index in [0.29, 0.717) is 12.1 Å². The highest BCUT2D eigenvalue weighted by molar-refractivity contribution is 5.94. The zero-order chi connectivity index (χ0) is 21.0. The molecule has 2 N–H and O–H groups in total. The van der Waals surface area contributed by atoms with Crippen molar-refractivity contribution < 1.29 is 9.53 Å². The maximum atomic E-state index is 12.4. The summed E-state index contributed by atoms with van der Waals surface area (Å²) in [6.45, 7) is 6.80. The Bertz CT molecular complexity index is 1040. The third kappa shape index (κ3) is 4.49. The van der Waals surface area contributed by atoms with Gasteiger partial charge in [0.1, 0.15) is 17.8 Å². The van der Waals surface area contributed by atoms with Crippen LogP contribution in [0.3, 0.4) is 0 Å². The molecular formula is C24H24N4O2. The lowest BCUT2D eigenvalue weighted by molar-refractivity contribution is 0.0936. The molecule has 0 atom stereocenters. The Morgan fingerprint density at radius 3 is 2.47 bits per heavy atom. The number of aromatic nitrogens is 2. The molecule has 30 heavy (non-hydrogen) atoms. The molecule has 1 heterocycles. The van der Waals surface area contributed by atoms with Gasteiger partial charge < -0.3 is 15.4 Å². The quantitative estimate of drug-likeness (QED) is 0.594. The zero-order valence-electron chi connectivity index (χ0n) is 16.9. The molecule has 1 fully saturated rings. The Kier molecular flexibility index (Phi) is 5.48. The fourth-order valence-electron chi connectivity index (χ4n) is 3.18. The van der Waals surface area contributed by atoms with E-state index >= 15 is 0 Å². The molecule has 152 valence electrons. The van der Waals surface area contributed by atoms with Crippen LogP contribution in [-0.2, 0) is 6.54 Å². The van der Waals surface area contributed by atoms with Crippen molar-refractivity contribution in [1.29, 1.82) is 0 Å². The van der Waals surface area contributed by atoms with E-state index in [0.717, 1.165) is 41.2 Å². The SMILES string of the molecule is C=C(NCc1ccc(Oc2ccccc2C)cc1)C1(NC(=O)c2cncnc2)CC1. The number of carbonyl (C=O) groups excluding carboxylic acids is 1. The van der Waals surface area contributed by atoms with E-state index in [4.69, 9.17) is 4.74 Å². The van der Waals surface area contributed by atoms with E-state index in [1.165, 1.54) is 18.7 Å². The average molecular weight is 400 g/mol. The van der Waals surface area contributed by atoms with E-state index in [-0.39, 0.29) is 5.91 Å². The first kappa shape index (κ1) is 19.6. The van der Waals surface area contributed by atoms with Crippen LogP contribution in [0.25, 0.3) is 0 Å². The number of hydrogen-bond donors (Lipinski definition) is 2. The molecule has 0 spiro atoms. The number of nitrogens with one attached hydrogen (secondary N) is 2. The van der Waals surface area contributed by atoms with Crippen LogP contribution in [-0.4, -0.2) is 21.4 Å². The first-order valence-electron chi connectivity index (χ1n) is 9.89. The summed E-state index contributed by atoms with van der Waals surface area (Å²) in [7, 11) is 0. The van der Waals surface area contributed by atoms with E-state index in [9.17, 15) is 4.79 Å². The van der Waals surface area contributed by atoms with Crippen molar-refractivity contribution in [2.45, 2.75) is 31.8 Å². The summed E-state index contributed by atoms with van der Waals surface area (Å²) in [5.41, 5.74) is 3.06. The number of rotatable bonds is 8. The van der Waals surface area contributed by atoms with E-state index in [1.54, 1.807) is 0 Å². The number of hydrogen-bond acceptors (Lipinski definition) is 5. The third-order valence-electron chi connectivity index (χ3n) is 5.25. The van der Waals surface area contributed by atoms with Gasteiger partial charge in [-0.1, -0.05) is 36.9 Å². The van der Waals surface area contributed by atoms with Crippen LogP contribution in [0.5, 0.6) is 11.5 Å². The van der Waals surface area contributed by atoms with Gasteiger partial charge in [-0.2, -0.15) is 0 Å². The average Bonchev–Trinajstić information content (AvgIpc) is 3.56. The number of amides is 1. The van der Waals surface area contributed by atoms with Gasteiger partial charge in [-0.25, -0.2) is 9.97 Å². The number of para-hydroxylation sites is 1. The lowest BCUT2D eigenvalue weighted by Crippen LogP contribution is -2.42. The highest BCUT2D eigenvalue weighted by Crippen LogP contribution is 2.40. The fraction of sp³-hybridized carbons (Fsp3) is 0.208. The molecular weight excluding hydrogens is 376 g/mol. The van der Waals surface area contributed by atoms with Gasteiger partial charge in [0, 0.05) is 24.6 Å². The van der Waals surface area contributed by atoms with E-state index in [2.05, 4.69) is 27.2 Å². The summed E-state index contributed by atoms with van der Waals surface area (Å²) < 4.78 is 5.94. The molecule has 0 saturated heterocycles. The summed E-state index contributed by atoms with van der Waals surface area (Å²) in [6, 6.07) is 15.9. The van der Waals surface area contributed by atoms with Gasteiger partial charge in [0.15, 0.2) is 0 Å². The fourth-order valence-corrected chi connectivity index (χ4v) is 3.18. The molecule has 1 saturated carbocycles. The third-order valence-corrected chi connectivity index (χ3v) is 5.25. The molecule has 0 unspecified atom stereocenters. The summed E-state index contributed by atoms with van der Waals surface area (Å²) in [6.07, 6.45) is 6.15. The predicted octanol–water partition coefficient (Wildman–Crippen LogP) is 4.14. The molecule has 0 radical (unpaired) electrons. The number of nitrogens with zero attached hydrogens (tertiary/aromatic N) is 2. The van der Waals surface area contributed by atoms with Crippen molar-refractivity contribution in [2.24, 2.45) is 0 Å². The first-order valence-corrected chi connectivity index (χ1v) is 9.89. The first-order chi connectivity index (χ1) is 14.6. The van der Waals surface area contributed by atoms with E-state index < -0.39 is 5.54 Å². The number of carbonyl (C=O) groups is 1. The molecule has 1 aromatic heterocycles. The van der Waals surface area contributed by atoms with Gasteiger partial charge >= 0.3 is 0 Å². The second kappa shape index (κ2) is 8.37. The molecule has 1 aliphatic carbocycles. The van der Waals surface area contributed by atoms with Gasteiger partial charge in [0.25, 0.3) is 5.91 Å². The lowest BCUT2D eigenvalue weighted by atomic mass is 10.1. The molecule has 1 aliphatic rings. The second-order valence-electron chi connectivity index (χ2n) is 7.51. The van der Waals surface area contributed by atoms with Crippen molar-refractivity contribution in [3.8, 4) is 11.5 Å². The largest absolute Gasteiger partial charge is 0.457 e. The van der Waals surface area contributed by atoms with Crippen LogP contribution in [0, 0.1) is 6.92 Å². The van der Waals surface area contributed by atoms with Crippen molar-refractivity contribution >= 4 is 5.91 Å². The highest BCUT2D eigenvalue weighted by atomic mass is 16.5. The monoisotopic (exact) mass is 400 g/mol. The molecule has 0 aliphatic heterocycles. The molecule has 0 bridgehead atoms. The summed E-state index contributed by atoms with van der Waals surface area (Å²) in [5.74, 6) is 1.46. The van der Waals surface area contributed by atoms with Gasteiger partial charge in [-0.05, 0) is 49.1 Å². The van der Waals surface area contributed by atoms with Crippen molar-refractivity contribution in [1.82, 2.24) is 20.6 Å². The Morgan fingerprint density at radius 1 is 1.10 bits per heavy atom. The van der Waals surface area contributed by atoms with Gasteiger partial charge in [0.2, 0.25) is 0 Å². The molecule has 3 aromatic rings. The Hall–Kier alpha value is -3.67. The van der Waals surface area contributed by atoms with Crippen LogP contribution >= 0.6 is 0 Å². The minimum absolute atomic E-state index is 0.186. The minimum Gasteiger partial charge on any atom is -0.457 e. The van der Waals surface area contributed by atoms with Crippen LogP contribution in [0.2, 0.25) is 0 Å². The number of aryl methyl sites for hydroxylation is 1. The van der Waals surface area contributed by atoms with E-state index in [1.807, 2.05) is 55.5 Å². The predicted molar refractivity (Wildman–Crippen MR) is 115 cm³/mol. The van der Waals surface area contributed by atoms with Crippen LogP contribution < -0.4 is 15.4 Å². The molecule has 6 heteroatoms. The van der Waals surface area contributed by atoms with Gasteiger partial charge in [-0.3, -0.25) is 4.79 Å². The molecule has 1 amide bonds. The summed E-state index contributed by atoms with van der Waals surface area (Å²) in [4.78, 5) is 20.2. The maximum absolute atomic E-state index is 12.4. The molecule has 4 rings (SSSR count). The summed E-state index contributed by atoms with van der Waals surface area (Å²) in [5, 5.41) is 6.42. The highest BCUT2D eigenvalue weighted by Gasteiger charge is 2.47. The topological polar surface area (TPSA) is 76.1 Å².